The van der Waals surface area contributed by atoms with E-state index in [1.165, 1.54) is 18.4 Å². The van der Waals surface area contributed by atoms with Crippen molar-refractivity contribution in [2.24, 2.45) is 7.05 Å². The summed E-state index contributed by atoms with van der Waals surface area (Å²) in [4.78, 5) is 4.17. The predicted molar refractivity (Wildman–Crippen MR) is 87.0 cm³/mol. The van der Waals surface area contributed by atoms with Crippen molar-refractivity contribution in [3.63, 3.8) is 0 Å². The Kier molecular flexibility index (Phi) is 3.67. The van der Waals surface area contributed by atoms with Gasteiger partial charge >= 0.3 is 0 Å². The molecule has 0 aliphatic carbocycles. The van der Waals surface area contributed by atoms with Crippen LogP contribution in [0.15, 0.2) is 48.9 Å². The molecule has 3 heterocycles. The summed E-state index contributed by atoms with van der Waals surface area (Å²) in [5.74, 6) is 0. The van der Waals surface area contributed by atoms with E-state index in [2.05, 4.69) is 26.4 Å². The van der Waals surface area contributed by atoms with Gasteiger partial charge in [0.05, 0.1) is 23.8 Å². The molecule has 6 nitrogen and oxygen atoms in total. The summed E-state index contributed by atoms with van der Waals surface area (Å²) in [6, 6.07) is 10.5. The monoisotopic (exact) mass is 308 g/mol. The molecule has 0 N–H and O–H groups in total. The molecule has 118 valence electrons. The first-order chi connectivity index (χ1) is 11.3. The van der Waals surface area contributed by atoms with Crippen LogP contribution in [-0.4, -0.2) is 36.2 Å². The summed E-state index contributed by atoms with van der Waals surface area (Å²) in [5, 5.41) is 13.3. The van der Waals surface area contributed by atoms with E-state index in [0.717, 1.165) is 24.5 Å². The third-order valence-corrected chi connectivity index (χ3v) is 4.36. The van der Waals surface area contributed by atoms with Crippen LogP contribution in [0.1, 0.15) is 30.1 Å². The molecule has 1 saturated heterocycles. The molecule has 1 aliphatic rings. The number of hydrogen-bond acceptors (Lipinski definition) is 4. The van der Waals surface area contributed by atoms with Crippen LogP contribution in [-0.2, 0) is 13.6 Å². The molecule has 3 aromatic rings. The van der Waals surface area contributed by atoms with Crippen LogP contribution in [0.4, 0.5) is 0 Å². The maximum atomic E-state index is 4.62. The minimum absolute atomic E-state index is 0.436. The number of para-hydroxylation sites is 1. The Morgan fingerprint density at radius 3 is 2.78 bits per heavy atom. The highest BCUT2D eigenvalue weighted by Gasteiger charge is 2.27. The van der Waals surface area contributed by atoms with Crippen LogP contribution in [0.5, 0.6) is 0 Å². The highest BCUT2D eigenvalue weighted by atomic mass is 15.5. The van der Waals surface area contributed by atoms with E-state index in [9.17, 15) is 0 Å². The topological polar surface area (TPSA) is 51.8 Å². The van der Waals surface area contributed by atoms with Gasteiger partial charge in [0, 0.05) is 31.4 Å². The van der Waals surface area contributed by atoms with Gasteiger partial charge in [-0.25, -0.2) is 0 Å². The van der Waals surface area contributed by atoms with Gasteiger partial charge in [0.15, 0.2) is 0 Å². The van der Waals surface area contributed by atoms with E-state index >= 15 is 0 Å². The standard InChI is InChI=1S/C17H20N6/c1-21-12-14(10-18-21)17-8-5-9-22(17)13-15-11-19-23(20-15)16-6-3-2-4-7-16/h2-4,6-7,10-12,17H,5,8-9,13H2,1H3/t17-/m1/s1. The van der Waals surface area contributed by atoms with Crippen LogP contribution in [0.2, 0.25) is 0 Å². The minimum Gasteiger partial charge on any atom is -0.290 e. The average Bonchev–Trinajstić information content (AvgIpc) is 3.29. The molecule has 1 fully saturated rings. The molecule has 6 heteroatoms. The SMILES string of the molecule is Cn1cc([C@H]2CCCN2Cc2cnn(-c3ccccc3)n2)cn1. The molecule has 0 unspecified atom stereocenters. The normalized spacial score (nSPS) is 18.6. The Morgan fingerprint density at radius 2 is 2.00 bits per heavy atom. The van der Waals surface area contributed by atoms with Gasteiger partial charge in [0.1, 0.15) is 0 Å². The average molecular weight is 308 g/mol. The van der Waals surface area contributed by atoms with E-state index in [4.69, 9.17) is 0 Å². The zero-order valence-electron chi connectivity index (χ0n) is 13.2. The molecule has 0 spiro atoms. The molecule has 0 saturated carbocycles. The summed E-state index contributed by atoms with van der Waals surface area (Å²) >= 11 is 0. The van der Waals surface area contributed by atoms with Crippen LogP contribution in [0, 0.1) is 0 Å². The van der Waals surface area contributed by atoms with Crippen molar-refractivity contribution in [3.05, 3.63) is 60.2 Å². The van der Waals surface area contributed by atoms with Gasteiger partial charge in [-0.3, -0.25) is 9.58 Å². The van der Waals surface area contributed by atoms with Crippen molar-refractivity contribution in [2.75, 3.05) is 6.54 Å². The Morgan fingerprint density at radius 1 is 1.13 bits per heavy atom. The second kappa shape index (κ2) is 5.96. The van der Waals surface area contributed by atoms with Gasteiger partial charge in [-0.1, -0.05) is 18.2 Å². The third-order valence-electron chi connectivity index (χ3n) is 4.36. The van der Waals surface area contributed by atoms with Crippen LogP contribution < -0.4 is 0 Å². The highest BCUT2D eigenvalue weighted by molar-refractivity contribution is 5.28. The molecule has 1 atom stereocenters. The highest BCUT2D eigenvalue weighted by Crippen LogP contribution is 2.32. The zero-order valence-corrected chi connectivity index (χ0v) is 13.2. The first-order valence-corrected chi connectivity index (χ1v) is 7.99. The number of nitrogens with zero attached hydrogens (tertiary/aromatic N) is 6. The Labute approximate surface area is 135 Å². The van der Waals surface area contributed by atoms with Crippen molar-refractivity contribution in [1.82, 2.24) is 29.7 Å². The van der Waals surface area contributed by atoms with Crippen molar-refractivity contribution in [1.29, 1.82) is 0 Å². The van der Waals surface area contributed by atoms with Gasteiger partial charge < -0.3 is 0 Å². The molecule has 23 heavy (non-hydrogen) atoms. The molecular formula is C17H20N6. The predicted octanol–water partition coefficient (Wildman–Crippen LogP) is 2.34. The quantitative estimate of drug-likeness (QED) is 0.742. The zero-order chi connectivity index (χ0) is 15.6. The smallest absolute Gasteiger partial charge is 0.0972 e. The first kappa shape index (κ1) is 14.1. The van der Waals surface area contributed by atoms with E-state index in [1.54, 1.807) is 4.80 Å². The summed E-state index contributed by atoms with van der Waals surface area (Å²) < 4.78 is 1.87. The second-order valence-electron chi connectivity index (χ2n) is 6.04. The molecular weight excluding hydrogens is 288 g/mol. The maximum absolute atomic E-state index is 4.62. The molecule has 1 aliphatic heterocycles. The van der Waals surface area contributed by atoms with Gasteiger partial charge in [-0.2, -0.15) is 20.1 Å². The summed E-state index contributed by atoms with van der Waals surface area (Å²) in [7, 11) is 1.97. The Bertz CT molecular complexity index is 775. The lowest BCUT2D eigenvalue weighted by molar-refractivity contribution is 0.245. The Hall–Kier alpha value is -2.47. The lowest BCUT2D eigenvalue weighted by Gasteiger charge is -2.22. The van der Waals surface area contributed by atoms with Crippen LogP contribution in [0.3, 0.4) is 0 Å². The van der Waals surface area contributed by atoms with Crippen molar-refractivity contribution in [3.8, 4) is 5.69 Å². The molecule has 4 rings (SSSR count). The molecule has 0 amide bonds. The largest absolute Gasteiger partial charge is 0.290 e. The van der Waals surface area contributed by atoms with Crippen molar-refractivity contribution >= 4 is 0 Å². The molecule has 1 aromatic carbocycles. The first-order valence-electron chi connectivity index (χ1n) is 7.99. The summed E-state index contributed by atoms with van der Waals surface area (Å²) in [6.07, 6.45) is 8.35. The van der Waals surface area contributed by atoms with Crippen molar-refractivity contribution < 1.29 is 0 Å². The maximum Gasteiger partial charge on any atom is 0.0972 e. The van der Waals surface area contributed by atoms with E-state index in [0.29, 0.717) is 6.04 Å². The van der Waals surface area contributed by atoms with Gasteiger partial charge in [-0.05, 0) is 31.5 Å². The number of rotatable bonds is 4. The van der Waals surface area contributed by atoms with Gasteiger partial charge in [0.2, 0.25) is 0 Å². The Balaban J connectivity index is 1.50. The fraction of sp³-hybridized carbons (Fsp3) is 0.353. The molecule has 0 radical (unpaired) electrons. The van der Waals surface area contributed by atoms with E-state index in [-0.39, 0.29) is 0 Å². The lowest BCUT2D eigenvalue weighted by atomic mass is 10.1. The fourth-order valence-electron chi connectivity index (χ4n) is 3.27. The van der Waals surface area contributed by atoms with Crippen LogP contribution >= 0.6 is 0 Å². The molecule has 2 aromatic heterocycles. The van der Waals surface area contributed by atoms with Crippen LogP contribution in [0.25, 0.3) is 5.69 Å². The number of aromatic nitrogens is 5. The van der Waals surface area contributed by atoms with Crippen molar-refractivity contribution in [2.45, 2.75) is 25.4 Å². The van der Waals surface area contributed by atoms with E-state index in [1.807, 2.05) is 54.5 Å². The lowest BCUT2D eigenvalue weighted by Crippen LogP contribution is -2.22. The minimum atomic E-state index is 0.436. The summed E-state index contributed by atoms with van der Waals surface area (Å²) in [6.45, 7) is 1.92. The van der Waals surface area contributed by atoms with Gasteiger partial charge in [-0.15, -0.1) is 0 Å². The van der Waals surface area contributed by atoms with Gasteiger partial charge in [0.25, 0.3) is 0 Å². The summed E-state index contributed by atoms with van der Waals surface area (Å²) in [5.41, 5.74) is 3.29. The second-order valence-corrected chi connectivity index (χ2v) is 6.04. The number of benzene rings is 1. The fourth-order valence-corrected chi connectivity index (χ4v) is 3.27. The number of hydrogen-bond donors (Lipinski definition) is 0. The third kappa shape index (κ3) is 2.90. The molecule has 0 bridgehead atoms. The number of likely N-dealkylation sites (tertiary alicyclic amines) is 1. The van der Waals surface area contributed by atoms with E-state index < -0.39 is 0 Å². The number of aryl methyl sites for hydroxylation is 1.